The average molecular weight is 194 g/mol. The molecule has 0 fully saturated rings. The van der Waals surface area contributed by atoms with Crippen molar-refractivity contribution >= 4 is 5.97 Å². The predicted molar refractivity (Wildman–Crippen MR) is 52.7 cm³/mol. The fourth-order valence-electron chi connectivity index (χ4n) is 0.947. The molecule has 0 saturated carbocycles. The summed E-state index contributed by atoms with van der Waals surface area (Å²) in [6.45, 7) is 9.09. The van der Waals surface area contributed by atoms with E-state index in [0.717, 1.165) is 11.4 Å². The van der Waals surface area contributed by atoms with Crippen LogP contribution in [-0.4, -0.2) is 15.9 Å². The summed E-state index contributed by atoms with van der Waals surface area (Å²) in [6, 6.07) is 0. The van der Waals surface area contributed by atoms with Crippen molar-refractivity contribution in [3.63, 3.8) is 0 Å². The zero-order chi connectivity index (χ0) is 10.7. The van der Waals surface area contributed by atoms with Crippen LogP contribution in [0.4, 0.5) is 0 Å². The van der Waals surface area contributed by atoms with Crippen LogP contribution in [0.1, 0.15) is 24.1 Å². The smallest absolute Gasteiger partial charge is 0.333 e. The molecule has 1 aromatic heterocycles. The highest BCUT2D eigenvalue weighted by atomic mass is 16.5. The SMILES string of the molecule is C=C(C)C(=O)OCc1nc(C)c(C)[nH]1. The molecule has 1 aromatic rings. The van der Waals surface area contributed by atoms with E-state index in [9.17, 15) is 4.79 Å². The molecule has 1 heterocycles. The Morgan fingerprint density at radius 3 is 2.64 bits per heavy atom. The highest BCUT2D eigenvalue weighted by Gasteiger charge is 2.06. The van der Waals surface area contributed by atoms with E-state index < -0.39 is 5.97 Å². The number of ether oxygens (including phenoxy) is 1. The summed E-state index contributed by atoms with van der Waals surface area (Å²) in [5.41, 5.74) is 2.31. The van der Waals surface area contributed by atoms with Gasteiger partial charge in [0.2, 0.25) is 0 Å². The molecule has 4 nitrogen and oxygen atoms in total. The number of carbonyl (C=O) groups excluding carboxylic acids is 1. The molecule has 0 bridgehead atoms. The third-order valence-corrected chi connectivity index (χ3v) is 1.87. The first-order valence-corrected chi connectivity index (χ1v) is 4.35. The normalized spacial score (nSPS) is 9.93. The second kappa shape index (κ2) is 4.09. The molecule has 0 unspecified atom stereocenters. The number of hydrogen-bond acceptors (Lipinski definition) is 3. The van der Waals surface area contributed by atoms with Gasteiger partial charge in [0.05, 0.1) is 5.69 Å². The molecule has 1 N–H and O–H groups in total. The number of aryl methyl sites for hydroxylation is 2. The second-order valence-corrected chi connectivity index (χ2v) is 3.25. The van der Waals surface area contributed by atoms with Gasteiger partial charge in [0.25, 0.3) is 0 Å². The molecule has 0 spiro atoms. The summed E-state index contributed by atoms with van der Waals surface area (Å²) >= 11 is 0. The molecular formula is C10H14N2O2. The number of H-pyrrole nitrogens is 1. The number of aromatic amines is 1. The van der Waals surface area contributed by atoms with Crippen molar-refractivity contribution in [3.8, 4) is 0 Å². The molecule has 1 rings (SSSR count). The largest absolute Gasteiger partial charge is 0.454 e. The first kappa shape index (κ1) is 10.5. The van der Waals surface area contributed by atoms with E-state index in [-0.39, 0.29) is 6.61 Å². The fourth-order valence-corrected chi connectivity index (χ4v) is 0.947. The molecule has 0 amide bonds. The van der Waals surface area contributed by atoms with Crippen molar-refractivity contribution in [1.29, 1.82) is 0 Å². The Hall–Kier alpha value is -1.58. The van der Waals surface area contributed by atoms with Gasteiger partial charge in [-0.3, -0.25) is 0 Å². The molecule has 76 valence electrons. The summed E-state index contributed by atoms with van der Waals surface area (Å²) in [7, 11) is 0. The monoisotopic (exact) mass is 194 g/mol. The van der Waals surface area contributed by atoms with Crippen LogP contribution in [0.25, 0.3) is 0 Å². The summed E-state index contributed by atoms with van der Waals surface area (Å²) < 4.78 is 4.93. The van der Waals surface area contributed by atoms with Gasteiger partial charge in [-0.15, -0.1) is 0 Å². The quantitative estimate of drug-likeness (QED) is 0.588. The van der Waals surface area contributed by atoms with E-state index in [1.807, 2.05) is 13.8 Å². The molecule has 0 aromatic carbocycles. The lowest BCUT2D eigenvalue weighted by Gasteiger charge is -2.00. The number of esters is 1. The third kappa shape index (κ3) is 2.45. The summed E-state index contributed by atoms with van der Waals surface area (Å²) in [5, 5.41) is 0. The lowest BCUT2D eigenvalue weighted by atomic mass is 10.4. The maximum Gasteiger partial charge on any atom is 0.333 e. The van der Waals surface area contributed by atoms with Crippen molar-refractivity contribution in [2.45, 2.75) is 27.4 Å². The molecule has 0 aliphatic carbocycles. The standard InChI is InChI=1S/C10H14N2O2/c1-6(2)10(13)14-5-9-11-7(3)8(4)12-9/h1,5H2,2-4H3,(H,11,12). The Labute approximate surface area is 83.0 Å². The van der Waals surface area contributed by atoms with Crippen LogP contribution in [0.15, 0.2) is 12.2 Å². The number of hydrogen-bond donors (Lipinski definition) is 1. The zero-order valence-corrected chi connectivity index (χ0v) is 8.68. The molecular weight excluding hydrogens is 180 g/mol. The average Bonchev–Trinajstić information content (AvgIpc) is 2.42. The predicted octanol–water partition coefficient (Wildman–Crippen LogP) is 1.65. The number of rotatable bonds is 3. The first-order chi connectivity index (χ1) is 6.50. The van der Waals surface area contributed by atoms with Crippen LogP contribution in [0.3, 0.4) is 0 Å². The van der Waals surface area contributed by atoms with Gasteiger partial charge in [0.15, 0.2) is 0 Å². The minimum absolute atomic E-state index is 0.167. The van der Waals surface area contributed by atoms with Gasteiger partial charge in [-0.2, -0.15) is 0 Å². The van der Waals surface area contributed by atoms with Crippen LogP contribution < -0.4 is 0 Å². The Kier molecular flexibility index (Phi) is 3.06. The number of aromatic nitrogens is 2. The highest BCUT2D eigenvalue weighted by molar-refractivity contribution is 5.86. The van der Waals surface area contributed by atoms with Crippen molar-refractivity contribution in [1.82, 2.24) is 9.97 Å². The zero-order valence-electron chi connectivity index (χ0n) is 8.68. The minimum atomic E-state index is -0.392. The molecule has 0 aliphatic heterocycles. The maximum atomic E-state index is 11.0. The van der Waals surface area contributed by atoms with Gasteiger partial charge < -0.3 is 9.72 Å². The van der Waals surface area contributed by atoms with Gasteiger partial charge >= 0.3 is 5.97 Å². The fraction of sp³-hybridized carbons (Fsp3) is 0.400. The number of nitrogens with zero attached hydrogens (tertiary/aromatic N) is 1. The number of imidazole rings is 1. The van der Waals surface area contributed by atoms with E-state index in [1.165, 1.54) is 0 Å². The highest BCUT2D eigenvalue weighted by Crippen LogP contribution is 2.04. The van der Waals surface area contributed by atoms with Crippen molar-refractivity contribution in [2.24, 2.45) is 0 Å². The van der Waals surface area contributed by atoms with E-state index in [0.29, 0.717) is 11.4 Å². The van der Waals surface area contributed by atoms with Crippen LogP contribution in [0.2, 0.25) is 0 Å². The molecule has 4 heteroatoms. The van der Waals surface area contributed by atoms with Crippen LogP contribution in [-0.2, 0) is 16.1 Å². The van der Waals surface area contributed by atoms with Crippen molar-refractivity contribution < 1.29 is 9.53 Å². The molecule has 0 atom stereocenters. The van der Waals surface area contributed by atoms with E-state index in [1.54, 1.807) is 6.92 Å². The number of nitrogens with one attached hydrogen (secondary N) is 1. The van der Waals surface area contributed by atoms with E-state index >= 15 is 0 Å². The van der Waals surface area contributed by atoms with Gasteiger partial charge in [-0.1, -0.05) is 6.58 Å². The van der Waals surface area contributed by atoms with Crippen molar-refractivity contribution in [2.75, 3.05) is 0 Å². The Bertz CT molecular complexity index is 347. The molecule has 14 heavy (non-hydrogen) atoms. The van der Waals surface area contributed by atoms with Gasteiger partial charge in [-0.25, -0.2) is 9.78 Å². The second-order valence-electron chi connectivity index (χ2n) is 3.25. The Morgan fingerprint density at radius 1 is 1.57 bits per heavy atom. The molecule has 0 radical (unpaired) electrons. The van der Waals surface area contributed by atoms with Crippen molar-refractivity contribution in [3.05, 3.63) is 29.4 Å². The molecule has 0 aliphatic rings. The first-order valence-electron chi connectivity index (χ1n) is 4.35. The lowest BCUT2D eigenvalue weighted by Crippen LogP contribution is -2.05. The van der Waals surface area contributed by atoms with Gasteiger partial charge in [0, 0.05) is 11.3 Å². The molecule has 0 saturated heterocycles. The van der Waals surface area contributed by atoms with Gasteiger partial charge in [-0.05, 0) is 20.8 Å². The third-order valence-electron chi connectivity index (χ3n) is 1.87. The Morgan fingerprint density at radius 2 is 2.21 bits per heavy atom. The van der Waals surface area contributed by atoms with Crippen LogP contribution in [0, 0.1) is 13.8 Å². The lowest BCUT2D eigenvalue weighted by molar-refractivity contribution is -0.140. The van der Waals surface area contributed by atoms with E-state index in [4.69, 9.17) is 4.74 Å². The van der Waals surface area contributed by atoms with Gasteiger partial charge in [0.1, 0.15) is 12.4 Å². The summed E-state index contributed by atoms with van der Waals surface area (Å²) in [5.74, 6) is 0.270. The topological polar surface area (TPSA) is 55.0 Å². The maximum absolute atomic E-state index is 11.0. The summed E-state index contributed by atoms with van der Waals surface area (Å²) in [4.78, 5) is 18.2. The summed E-state index contributed by atoms with van der Waals surface area (Å²) in [6.07, 6.45) is 0. The Balaban J connectivity index is 2.54. The van der Waals surface area contributed by atoms with Crippen LogP contribution >= 0.6 is 0 Å². The number of carbonyl (C=O) groups is 1. The minimum Gasteiger partial charge on any atom is -0.454 e. The van der Waals surface area contributed by atoms with Crippen LogP contribution in [0.5, 0.6) is 0 Å². The van der Waals surface area contributed by atoms with E-state index in [2.05, 4.69) is 16.5 Å².